The predicted octanol–water partition coefficient (Wildman–Crippen LogP) is 2.43. The minimum Gasteiger partial charge on any atom is -0.452 e. The first-order valence-corrected chi connectivity index (χ1v) is 7.76. The molecule has 27 heavy (non-hydrogen) atoms. The molecule has 8 nitrogen and oxygen atoms in total. The van der Waals surface area contributed by atoms with E-state index in [0.29, 0.717) is 17.0 Å². The fraction of sp³-hybridized carbons (Fsp3) is 0.176. The van der Waals surface area contributed by atoms with E-state index >= 15 is 0 Å². The molecule has 0 bridgehead atoms. The molecule has 3 rings (SSSR count). The van der Waals surface area contributed by atoms with Crippen LogP contribution in [0.15, 0.2) is 42.7 Å². The van der Waals surface area contributed by atoms with Gasteiger partial charge in [0.25, 0.3) is 5.91 Å². The van der Waals surface area contributed by atoms with Crippen LogP contribution in [-0.2, 0) is 9.53 Å². The maximum Gasteiger partial charge on any atom is 0.387 e. The number of nitrogens with one attached hydrogen (secondary N) is 1. The Kier molecular flexibility index (Phi) is 5.25. The number of halogens is 2. The van der Waals surface area contributed by atoms with E-state index in [-0.39, 0.29) is 11.3 Å². The molecule has 0 spiro atoms. The maximum atomic E-state index is 12.3. The number of hydrogen-bond acceptors (Lipinski definition) is 6. The number of ether oxygens (including phenoxy) is 2. The Bertz CT molecular complexity index is 973. The van der Waals surface area contributed by atoms with Gasteiger partial charge in [-0.3, -0.25) is 4.79 Å². The van der Waals surface area contributed by atoms with Gasteiger partial charge in [-0.2, -0.15) is 13.9 Å². The third-order valence-corrected chi connectivity index (χ3v) is 3.47. The lowest BCUT2D eigenvalue weighted by Gasteiger charge is -2.08. The van der Waals surface area contributed by atoms with Crippen molar-refractivity contribution in [1.82, 2.24) is 14.6 Å². The second kappa shape index (κ2) is 7.77. The van der Waals surface area contributed by atoms with E-state index in [1.165, 1.54) is 35.0 Å². The first kappa shape index (κ1) is 18.2. The maximum absolute atomic E-state index is 12.3. The van der Waals surface area contributed by atoms with E-state index in [0.717, 1.165) is 0 Å². The number of amides is 1. The Labute approximate surface area is 151 Å². The van der Waals surface area contributed by atoms with Crippen LogP contribution in [0.5, 0.6) is 5.75 Å². The highest BCUT2D eigenvalue weighted by molar-refractivity contribution is 5.99. The van der Waals surface area contributed by atoms with Crippen molar-refractivity contribution in [3.8, 4) is 5.75 Å². The van der Waals surface area contributed by atoms with Crippen molar-refractivity contribution in [2.75, 3.05) is 11.9 Å². The van der Waals surface area contributed by atoms with Gasteiger partial charge in [-0.15, -0.1) is 0 Å². The van der Waals surface area contributed by atoms with Crippen LogP contribution < -0.4 is 10.1 Å². The van der Waals surface area contributed by atoms with Gasteiger partial charge in [0.15, 0.2) is 12.3 Å². The highest BCUT2D eigenvalue weighted by Crippen LogP contribution is 2.18. The molecule has 2 aromatic heterocycles. The number of aryl methyl sites for hydroxylation is 1. The summed E-state index contributed by atoms with van der Waals surface area (Å²) in [7, 11) is 0. The Morgan fingerprint density at radius 1 is 1.26 bits per heavy atom. The zero-order valence-corrected chi connectivity index (χ0v) is 14.1. The van der Waals surface area contributed by atoms with E-state index < -0.39 is 25.1 Å². The summed E-state index contributed by atoms with van der Waals surface area (Å²) in [5.41, 5.74) is 1.27. The molecule has 140 valence electrons. The molecule has 1 aromatic carbocycles. The Hall–Kier alpha value is -3.56. The number of rotatable bonds is 6. The van der Waals surface area contributed by atoms with Gasteiger partial charge in [-0.25, -0.2) is 14.3 Å². The predicted molar refractivity (Wildman–Crippen MR) is 89.7 cm³/mol. The molecule has 0 radical (unpaired) electrons. The van der Waals surface area contributed by atoms with E-state index in [2.05, 4.69) is 20.1 Å². The van der Waals surface area contributed by atoms with Gasteiger partial charge in [0.1, 0.15) is 11.3 Å². The van der Waals surface area contributed by atoms with Crippen molar-refractivity contribution in [3.63, 3.8) is 0 Å². The number of alkyl halides is 2. The molecular formula is C17H14F2N4O4. The van der Waals surface area contributed by atoms with Crippen LogP contribution in [0.1, 0.15) is 16.1 Å². The second-order valence-electron chi connectivity index (χ2n) is 5.38. The molecule has 1 amide bonds. The van der Waals surface area contributed by atoms with E-state index in [1.54, 1.807) is 19.2 Å². The topological polar surface area (TPSA) is 94.8 Å². The first-order valence-electron chi connectivity index (χ1n) is 7.76. The van der Waals surface area contributed by atoms with Crippen molar-refractivity contribution < 1.29 is 27.8 Å². The van der Waals surface area contributed by atoms with Crippen LogP contribution in [0.25, 0.3) is 5.65 Å². The lowest BCUT2D eigenvalue weighted by atomic mass is 10.2. The zero-order valence-electron chi connectivity index (χ0n) is 14.1. The van der Waals surface area contributed by atoms with Crippen LogP contribution in [-0.4, -0.2) is 39.7 Å². The van der Waals surface area contributed by atoms with Crippen LogP contribution in [0.2, 0.25) is 0 Å². The van der Waals surface area contributed by atoms with Crippen molar-refractivity contribution in [1.29, 1.82) is 0 Å². The number of nitrogens with zero attached hydrogens (tertiary/aromatic N) is 3. The van der Waals surface area contributed by atoms with Crippen LogP contribution in [0, 0.1) is 6.92 Å². The molecule has 0 atom stereocenters. The SMILES string of the molecule is Cc1nn2cccnc2c1C(=O)OCC(=O)Nc1ccc(OC(F)F)cc1. The normalized spacial score (nSPS) is 10.8. The Balaban J connectivity index is 1.58. The number of aromatic nitrogens is 3. The summed E-state index contributed by atoms with van der Waals surface area (Å²) in [5, 5.41) is 6.62. The fourth-order valence-corrected chi connectivity index (χ4v) is 2.36. The molecule has 0 unspecified atom stereocenters. The molecule has 3 aromatic rings. The largest absolute Gasteiger partial charge is 0.452 e. The quantitative estimate of drug-likeness (QED) is 0.664. The van der Waals surface area contributed by atoms with Gasteiger partial charge < -0.3 is 14.8 Å². The van der Waals surface area contributed by atoms with Crippen molar-refractivity contribution in [2.24, 2.45) is 0 Å². The molecule has 0 aliphatic heterocycles. The Morgan fingerprint density at radius 2 is 2.00 bits per heavy atom. The average Bonchev–Trinajstić information content (AvgIpc) is 2.97. The van der Waals surface area contributed by atoms with Crippen LogP contribution in [0.3, 0.4) is 0 Å². The van der Waals surface area contributed by atoms with Crippen LogP contribution in [0.4, 0.5) is 14.5 Å². The molecule has 10 heteroatoms. The molecule has 0 saturated carbocycles. The van der Waals surface area contributed by atoms with Crippen molar-refractivity contribution in [3.05, 3.63) is 54.0 Å². The summed E-state index contributed by atoms with van der Waals surface area (Å²) in [5.74, 6) is -1.35. The summed E-state index contributed by atoms with van der Waals surface area (Å²) in [6.07, 6.45) is 3.15. The number of anilines is 1. The smallest absolute Gasteiger partial charge is 0.387 e. The van der Waals surface area contributed by atoms with Crippen molar-refractivity contribution >= 4 is 23.2 Å². The highest BCUT2D eigenvalue weighted by atomic mass is 19.3. The summed E-state index contributed by atoms with van der Waals surface area (Å²) >= 11 is 0. The second-order valence-corrected chi connectivity index (χ2v) is 5.38. The molecule has 0 aliphatic rings. The third-order valence-electron chi connectivity index (χ3n) is 3.47. The highest BCUT2D eigenvalue weighted by Gasteiger charge is 2.20. The molecule has 1 N–H and O–H groups in total. The summed E-state index contributed by atoms with van der Waals surface area (Å²) < 4.78 is 34.9. The van der Waals surface area contributed by atoms with Crippen molar-refractivity contribution in [2.45, 2.75) is 13.5 Å². The van der Waals surface area contributed by atoms with Gasteiger partial charge >= 0.3 is 12.6 Å². The molecule has 0 fully saturated rings. The summed E-state index contributed by atoms with van der Waals surface area (Å²) in [6.45, 7) is -1.82. The van der Waals surface area contributed by atoms with E-state index in [9.17, 15) is 18.4 Å². The number of carbonyl (C=O) groups is 2. The van der Waals surface area contributed by atoms with Gasteiger partial charge in [-0.1, -0.05) is 0 Å². The molecular weight excluding hydrogens is 362 g/mol. The first-order chi connectivity index (χ1) is 12.9. The van der Waals surface area contributed by atoms with Gasteiger partial charge in [0.05, 0.1) is 5.69 Å². The minimum atomic E-state index is -2.93. The van der Waals surface area contributed by atoms with E-state index in [1.807, 2.05) is 0 Å². The standard InChI is InChI=1S/C17H14F2N4O4/c1-10-14(15-20-7-2-8-23(15)22-10)16(25)26-9-13(24)21-11-3-5-12(6-4-11)27-17(18)19/h2-8,17H,9H2,1H3,(H,21,24). The lowest BCUT2D eigenvalue weighted by molar-refractivity contribution is -0.119. The van der Waals surface area contributed by atoms with Gasteiger partial charge in [0, 0.05) is 18.1 Å². The summed E-state index contributed by atoms with van der Waals surface area (Å²) in [6, 6.07) is 7.00. The third kappa shape index (κ3) is 4.35. The number of carbonyl (C=O) groups excluding carboxylic acids is 2. The molecule has 0 aliphatic carbocycles. The minimum absolute atomic E-state index is 0.0366. The zero-order chi connectivity index (χ0) is 19.4. The monoisotopic (exact) mass is 376 g/mol. The average molecular weight is 376 g/mol. The number of benzene rings is 1. The lowest BCUT2D eigenvalue weighted by Crippen LogP contribution is -2.21. The molecule has 2 heterocycles. The number of esters is 1. The van der Waals surface area contributed by atoms with Gasteiger partial charge in [-0.05, 0) is 37.3 Å². The number of fused-ring (bicyclic) bond motifs is 1. The fourth-order valence-electron chi connectivity index (χ4n) is 2.36. The number of hydrogen-bond donors (Lipinski definition) is 1. The van der Waals surface area contributed by atoms with Crippen LogP contribution >= 0.6 is 0 Å². The van der Waals surface area contributed by atoms with E-state index in [4.69, 9.17) is 4.74 Å². The van der Waals surface area contributed by atoms with Gasteiger partial charge in [0.2, 0.25) is 0 Å². The summed E-state index contributed by atoms with van der Waals surface area (Å²) in [4.78, 5) is 28.3. The Morgan fingerprint density at radius 3 is 2.70 bits per heavy atom. The molecule has 0 saturated heterocycles.